The summed E-state index contributed by atoms with van der Waals surface area (Å²) in [5.41, 5.74) is 10.2. The van der Waals surface area contributed by atoms with E-state index in [0.717, 1.165) is 24.8 Å². The van der Waals surface area contributed by atoms with Gasteiger partial charge in [0.05, 0.1) is 6.54 Å². The molecule has 0 radical (unpaired) electrons. The average molecular weight is 362 g/mol. The minimum absolute atomic E-state index is 0.0790. The summed E-state index contributed by atoms with van der Waals surface area (Å²) in [7, 11) is 1.73. The first-order valence-electron chi connectivity index (χ1n) is 9.13. The third kappa shape index (κ3) is 3.61. The molecule has 0 saturated carbocycles. The number of carbonyl (C=O) groups is 1. The van der Waals surface area contributed by atoms with Gasteiger partial charge in [0.1, 0.15) is 0 Å². The van der Waals surface area contributed by atoms with Gasteiger partial charge in [-0.15, -0.1) is 0 Å². The Labute approximate surface area is 158 Å². The molecule has 27 heavy (non-hydrogen) atoms. The Morgan fingerprint density at radius 3 is 2.89 bits per heavy atom. The van der Waals surface area contributed by atoms with E-state index in [2.05, 4.69) is 22.3 Å². The zero-order valence-corrected chi connectivity index (χ0v) is 15.3. The van der Waals surface area contributed by atoms with Gasteiger partial charge in [0.2, 0.25) is 0 Å². The van der Waals surface area contributed by atoms with Crippen molar-refractivity contribution in [3.63, 3.8) is 0 Å². The second-order valence-electron chi connectivity index (χ2n) is 6.96. The predicted octanol–water partition coefficient (Wildman–Crippen LogP) is 3.34. The average Bonchev–Trinajstić information content (AvgIpc) is 3.16. The molecule has 1 aromatic heterocycles. The van der Waals surface area contributed by atoms with E-state index in [1.54, 1.807) is 24.1 Å². The van der Waals surface area contributed by atoms with E-state index < -0.39 is 0 Å². The zero-order chi connectivity index (χ0) is 18.8. The van der Waals surface area contributed by atoms with E-state index >= 15 is 0 Å². The molecular formula is C21H22N4O2. The zero-order valence-electron chi connectivity index (χ0n) is 15.3. The number of fused-ring (bicyclic) bond motifs is 1. The van der Waals surface area contributed by atoms with Gasteiger partial charge < -0.3 is 15.2 Å². The Morgan fingerprint density at radius 1 is 1.26 bits per heavy atom. The highest BCUT2D eigenvalue weighted by atomic mass is 16.5. The van der Waals surface area contributed by atoms with E-state index in [-0.39, 0.29) is 18.5 Å². The smallest absolute Gasteiger partial charge is 0.257 e. The number of benzene rings is 2. The summed E-state index contributed by atoms with van der Waals surface area (Å²) < 4.78 is 5.42. The van der Waals surface area contributed by atoms with Gasteiger partial charge in [-0.05, 0) is 54.7 Å². The largest absolute Gasteiger partial charge is 0.334 e. The van der Waals surface area contributed by atoms with Crippen molar-refractivity contribution >= 4 is 5.91 Å². The van der Waals surface area contributed by atoms with E-state index in [4.69, 9.17) is 10.3 Å². The highest BCUT2D eigenvalue weighted by molar-refractivity contribution is 5.93. The van der Waals surface area contributed by atoms with Gasteiger partial charge in [0, 0.05) is 24.2 Å². The molecule has 6 heteroatoms. The van der Waals surface area contributed by atoms with Gasteiger partial charge in [0.25, 0.3) is 11.8 Å². The number of nitrogens with two attached hydrogens (primary N) is 1. The molecular weight excluding hydrogens is 340 g/mol. The van der Waals surface area contributed by atoms with E-state index in [0.29, 0.717) is 17.3 Å². The molecule has 1 heterocycles. The minimum atomic E-state index is -0.0790. The van der Waals surface area contributed by atoms with Gasteiger partial charge in [-0.1, -0.05) is 29.4 Å². The number of aryl methyl sites for hydroxylation is 1. The van der Waals surface area contributed by atoms with Crippen LogP contribution in [0, 0.1) is 0 Å². The van der Waals surface area contributed by atoms with Crippen LogP contribution < -0.4 is 5.73 Å². The highest BCUT2D eigenvalue weighted by Crippen LogP contribution is 2.31. The maximum Gasteiger partial charge on any atom is 0.257 e. The maximum atomic E-state index is 12.4. The van der Waals surface area contributed by atoms with Crippen molar-refractivity contribution in [3.05, 3.63) is 71.0 Å². The van der Waals surface area contributed by atoms with Crippen LogP contribution in [0.1, 0.15) is 46.2 Å². The summed E-state index contributed by atoms with van der Waals surface area (Å²) in [6, 6.07) is 15.4. The molecule has 0 saturated heterocycles. The van der Waals surface area contributed by atoms with Crippen molar-refractivity contribution < 1.29 is 9.32 Å². The third-order valence-electron chi connectivity index (χ3n) is 4.96. The van der Waals surface area contributed by atoms with Crippen molar-refractivity contribution in [1.82, 2.24) is 15.0 Å². The summed E-state index contributed by atoms with van der Waals surface area (Å²) in [6.45, 7) is 0.285. The molecule has 0 spiro atoms. The normalized spacial score (nSPS) is 16.0. The van der Waals surface area contributed by atoms with Crippen LogP contribution in [0.3, 0.4) is 0 Å². The van der Waals surface area contributed by atoms with Crippen LogP contribution in [0.4, 0.5) is 0 Å². The Morgan fingerprint density at radius 2 is 2.07 bits per heavy atom. The topological polar surface area (TPSA) is 85.2 Å². The number of aromatic nitrogens is 2. The molecule has 1 aliphatic rings. The van der Waals surface area contributed by atoms with Gasteiger partial charge in [-0.2, -0.15) is 4.98 Å². The first kappa shape index (κ1) is 17.4. The Balaban J connectivity index is 1.50. The van der Waals surface area contributed by atoms with Gasteiger partial charge in [-0.3, -0.25) is 4.79 Å². The van der Waals surface area contributed by atoms with Gasteiger partial charge in [0.15, 0.2) is 5.82 Å². The van der Waals surface area contributed by atoms with Crippen LogP contribution in [-0.2, 0) is 13.0 Å². The summed E-state index contributed by atoms with van der Waals surface area (Å²) >= 11 is 0. The molecule has 0 bridgehead atoms. The van der Waals surface area contributed by atoms with Gasteiger partial charge >= 0.3 is 0 Å². The third-order valence-corrected chi connectivity index (χ3v) is 4.96. The van der Waals surface area contributed by atoms with Crippen LogP contribution in [0.25, 0.3) is 11.5 Å². The van der Waals surface area contributed by atoms with Crippen molar-refractivity contribution in [3.8, 4) is 11.5 Å². The first-order valence-corrected chi connectivity index (χ1v) is 9.13. The maximum absolute atomic E-state index is 12.4. The summed E-state index contributed by atoms with van der Waals surface area (Å²) in [5, 5.41) is 4.03. The SMILES string of the molecule is CN(Cc1noc(-c2ccc3c(c2)CCCC3N)n1)C(=O)c1ccccc1. The summed E-state index contributed by atoms with van der Waals surface area (Å²) in [4.78, 5) is 18.5. The molecule has 2 N–H and O–H groups in total. The number of amides is 1. The molecule has 1 aliphatic carbocycles. The van der Waals surface area contributed by atoms with Crippen LogP contribution in [0.15, 0.2) is 53.1 Å². The molecule has 0 fully saturated rings. The molecule has 138 valence electrons. The Hall–Kier alpha value is -2.99. The van der Waals surface area contributed by atoms with Gasteiger partial charge in [-0.25, -0.2) is 0 Å². The number of hydrogen-bond donors (Lipinski definition) is 1. The van der Waals surface area contributed by atoms with Crippen molar-refractivity contribution in [2.24, 2.45) is 5.73 Å². The number of nitrogens with zero attached hydrogens (tertiary/aromatic N) is 3. The van der Waals surface area contributed by atoms with E-state index in [1.165, 1.54) is 11.1 Å². The van der Waals surface area contributed by atoms with Crippen LogP contribution in [-0.4, -0.2) is 28.0 Å². The molecule has 6 nitrogen and oxygen atoms in total. The van der Waals surface area contributed by atoms with E-state index in [9.17, 15) is 4.79 Å². The van der Waals surface area contributed by atoms with Crippen molar-refractivity contribution in [1.29, 1.82) is 0 Å². The minimum Gasteiger partial charge on any atom is -0.334 e. The van der Waals surface area contributed by atoms with Crippen molar-refractivity contribution in [2.75, 3.05) is 7.05 Å². The molecule has 3 aromatic rings. The molecule has 1 atom stereocenters. The standard InChI is InChI=1S/C21H22N4O2/c1-25(21(26)14-6-3-2-4-7-14)13-19-23-20(27-24-19)16-10-11-17-15(12-16)8-5-9-18(17)22/h2-4,6-7,10-12,18H,5,8-9,13,22H2,1H3. The number of hydrogen-bond acceptors (Lipinski definition) is 5. The van der Waals surface area contributed by atoms with Crippen molar-refractivity contribution in [2.45, 2.75) is 31.8 Å². The molecule has 2 aromatic carbocycles. The molecule has 1 unspecified atom stereocenters. The fourth-order valence-electron chi connectivity index (χ4n) is 3.51. The lowest BCUT2D eigenvalue weighted by atomic mass is 9.87. The fraction of sp³-hybridized carbons (Fsp3) is 0.286. The number of carbonyl (C=O) groups excluding carboxylic acids is 1. The monoisotopic (exact) mass is 362 g/mol. The lowest BCUT2D eigenvalue weighted by molar-refractivity contribution is 0.0780. The second kappa shape index (κ2) is 7.32. The molecule has 0 aliphatic heterocycles. The van der Waals surface area contributed by atoms with Crippen LogP contribution in [0.2, 0.25) is 0 Å². The predicted molar refractivity (Wildman–Crippen MR) is 102 cm³/mol. The molecule has 1 amide bonds. The van der Waals surface area contributed by atoms with Crippen LogP contribution >= 0.6 is 0 Å². The lowest BCUT2D eigenvalue weighted by Crippen LogP contribution is -2.26. The molecule has 4 rings (SSSR count). The van der Waals surface area contributed by atoms with E-state index in [1.807, 2.05) is 24.3 Å². The first-order chi connectivity index (χ1) is 13.1. The Bertz CT molecular complexity index is 952. The number of rotatable bonds is 4. The summed E-state index contributed by atoms with van der Waals surface area (Å²) in [6.07, 6.45) is 3.14. The quantitative estimate of drug-likeness (QED) is 0.769. The second-order valence-corrected chi connectivity index (χ2v) is 6.96. The lowest BCUT2D eigenvalue weighted by Gasteiger charge is -2.22. The highest BCUT2D eigenvalue weighted by Gasteiger charge is 2.19. The Kier molecular flexibility index (Phi) is 4.73. The fourth-order valence-corrected chi connectivity index (χ4v) is 3.51. The summed E-state index contributed by atoms with van der Waals surface area (Å²) in [5.74, 6) is 0.864. The van der Waals surface area contributed by atoms with Crippen LogP contribution in [0.5, 0.6) is 0 Å².